The Bertz CT molecular complexity index is 808. The van der Waals surface area contributed by atoms with Crippen molar-refractivity contribution in [2.24, 2.45) is 23.7 Å². The van der Waals surface area contributed by atoms with Crippen molar-refractivity contribution in [2.45, 2.75) is 38.3 Å². The number of hydrogen-bond donors (Lipinski definition) is 2. The van der Waals surface area contributed by atoms with Crippen LogP contribution in [0.15, 0.2) is 17.5 Å². The van der Waals surface area contributed by atoms with Crippen LogP contribution in [0, 0.1) is 28.4 Å². The van der Waals surface area contributed by atoms with Crippen molar-refractivity contribution >= 4 is 29.5 Å². The summed E-state index contributed by atoms with van der Waals surface area (Å²) >= 11 is 6.95. The molecule has 5 nitrogen and oxygen atoms in total. The van der Waals surface area contributed by atoms with Crippen LogP contribution in [0.25, 0.3) is 10.7 Å². The molecule has 4 unspecified atom stereocenters. The van der Waals surface area contributed by atoms with Crippen molar-refractivity contribution in [2.75, 3.05) is 0 Å². The van der Waals surface area contributed by atoms with E-state index in [9.17, 15) is 4.79 Å². The molecule has 0 radical (unpaired) electrons. The molecule has 2 bridgehead atoms. The Balaban J connectivity index is 1.22. The molecule has 2 heterocycles. The monoisotopic (exact) mass is 360 g/mol. The summed E-state index contributed by atoms with van der Waals surface area (Å²) in [5, 5.41) is 12.5. The molecule has 126 valence electrons. The quantitative estimate of drug-likeness (QED) is 0.805. The van der Waals surface area contributed by atoms with Crippen molar-refractivity contribution in [1.29, 1.82) is 0 Å². The van der Waals surface area contributed by atoms with Gasteiger partial charge in [0.1, 0.15) is 0 Å². The number of nitrogens with one attached hydrogen (secondary N) is 2. The van der Waals surface area contributed by atoms with E-state index in [2.05, 4.69) is 15.5 Å². The van der Waals surface area contributed by atoms with Gasteiger partial charge in [0.25, 0.3) is 0 Å². The second kappa shape index (κ2) is 5.52. The Morgan fingerprint density at radius 1 is 1.42 bits per heavy atom. The van der Waals surface area contributed by atoms with Gasteiger partial charge < -0.3 is 5.32 Å². The largest absolute Gasteiger partial charge is 0.353 e. The fourth-order valence-electron chi connectivity index (χ4n) is 5.11. The van der Waals surface area contributed by atoms with Crippen LogP contribution in [0.3, 0.4) is 0 Å². The number of hydrogen-bond acceptors (Lipinski definition) is 4. The smallest absolute Gasteiger partial charge is 0.222 e. The summed E-state index contributed by atoms with van der Waals surface area (Å²) in [6, 6.07) is 4.47. The van der Waals surface area contributed by atoms with E-state index in [0.717, 1.165) is 34.4 Å². The molecule has 2 N–H and O–H groups in total. The van der Waals surface area contributed by atoms with Gasteiger partial charge in [-0.05, 0) is 66.6 Å². The number of thiophene rings is 1. The second-order valence-electron chi connectivity index (χ2n) is 7.31. The Hall–Kier alpha value is -1.47. The number of fused-ring (bicyclic) bond motifs is 5. The highest BCUT2D eigenvalue weighted by Crippen LogP contribution is 2.65. The minimum Gasteiger partial charge on any atom is -0.353 e. The van der Waals surface area contributed by atoms with Crippen LogP contribution in [0.4, 0.5) is 0 Å². The minimum atomic E-state index is 0.147. The van der Waals surface area contributed by atoms with Crippen molar-refractivity contribution < 1.29 is 4.79 Å². The van der Waals surface area contributed by atoms with Gasteiger partial charge in [0.05, 0.1) is 4.88 Å². The summed E-state index contributed by atoms with van der Waals surface area (Å²) in [7, 11) is 0. The SMILES string of the molecule is O=C(CCn1c(-c2cccs2)n[nH]c1=S)NC1C2C3CCC(C3)C12. The normalized spacial score (nSPS) is 32.8. The predicted octanol–water partition coefficient (Wildman–Crippen LogP) is 3.22. The van der Waals surface area contributed by atoms with Gasteiger partial charge in [-0.25, -0.2) is 0 Å². The molecule has 2 aromatic heterocycles. The van der Waals surface area contributed by atoms with E-state index in [1.165, 1.54) is 19.3 Å². The summed E-state index contributed by atoms with van der Waals surface area (Å²) in [4.78, 5) is 13.4. The maximum Gasteiger partial charge on any atom is 0.222 e. The maximum absolute atomic E-state index is 12.4. The molecule has 1 amide bonds. The van der Waals surface area contributed by atoms with Crippen LogP contribution in [0.1, 0.15) is 25.7 Å². The molecule has 3 aliphatic rings. The third-order valence-electron chi connectivity index (χ3n) is 6.13. The molecule has 3 aliphatic carbocycles. The highest BCUT2D eigenvalue weighted by Gasteiger charge is 2.65. The van der Waals surface area contributed by atoms with Crippen LogP contribution in [-0.4, -0.2) is 26.7 Å². The van der Waals surface area contributed by atoms with Gasteiger partial charge in [0, 0.05) is 19.0 Å². The molecular weight excluding hydrogens is 340 g/mol. The molecule has 7 heteroatoms. The number of aromatic nitrogens is 3. The van der Waals surface area contributed by atoms with Crippen LogP contribution in [-0.2, 0) is 11.3 Å². The fourth-order valence-corrected chi connectivity index (χ4v) is 6.05. The number of amides is 1. The van der Waals surface area contributed by atoms with E-state index >= 15 is 0 Å². The number of carbonyl (C=O) groups is 1. The van der Waals surface area contributed by atoms with Gasteiger partial charge in [-0.2, -0.15) is 5.10 Å². The molecule has 0 spiro atoms. The van der Waals surface area contributed by atoms with Crippen LogP contribution in [0.2, 0.25) is 0 Å². The van der Waals surface area contributed by atoms with Gasteiger partial charge in [-0.1, -0.05) is 6.07 Å². The zero-order valence-corrected chi connectivity index (χ0v) is 14.9. The van der Waals surface area contributed by atoms with Crippen LogP contribution >= 0.6 is 23.6 Å². The molecule has 24 heavy (non-hydrogen) atoms. The third-order valence-corrected chi connectivity index (χ3v) is 7.30. The predicted molar refractivity (Wildman–Crippen MR) is 95.1 cm³/mol. The zero-order chi connectivity index (χ0) is 16.3. The summed E-state index contributed by atoms with van der Waals surface area (Å²) in [5.74, 6) is 4.31. The summed E-state index contributed by atoms with van der Waals surface area (Å²) in [5.41, 5.74) is 0. The van der Waals surface area contributed by atoms with Gasteiger partial charge >= 0.3 is 0 Å². The lowest BCUT2D eigenvalue weighted by Gasteiger charge is -2.11. The lowest BCUT2D eigenvalue weighted by atomic mass is 10.0. The van der Waals surface area contributed by atoms with Crippen LogP contribution < -0.4 is 5.32 Å². The van der Waals surface area contributed by atoms with Crippen molar-refractivity contribution in [3.63, 3.8) is 0 Å². The molecule has 0 saturated heterocycles. The molecular formula is C17H20N4OS2. The molecule has 0 aliphatic heterocycles. The fraction of sp³-hybridized carbons (Fsp3) is 0.588. The highest BCUT2D eigenvalue weighted by molar-refractivity contribution is 7.71. The van der Waals surface area contributed by atoms with E-state index in [1.807, 2.05) is 22.1 Å². The Kier molecular flexibility index (Phi) is 3.42. The summed E-state index contributed by atoms with van der Waals surface area (Å²) < 4.78 is 2.51. The Morgan fingerprint density at radius 2 is 2.21 bits per heavy atom. The first-order valence-corrected chi connectivity index (χ1v) is 9.99. The molecule has 2 aromatic rings. The number of aromatic amines is 1. The van der Waals surface area contributed by atoms with Crippen molar-refractivity contribution in [3.8, 4) is 10.7 Å². The van der Waals surface area contributed by atoms with Gasteiger partial charge in [-0.15, -0.1) is 11.3 Å². The minimum absolute atomic E-state index is 0.147. The first-order valence-electron chi connectivity index (χ1n) is 8.71. The Morgan fingerprint density at radius 3 is 2.92 bits per heavy atom. The standard InChI is InChI=1S/C17H20N4OS2/c22-12(18-15-13-9-3-4-10(8-9)14(13)15)5-6-21-16(19-20-17(21)23)11-2-1-7-24-11/h1-2,7,9-10,13-15H,3-6,8H2,(H,18,22)(H,20,23). The van der Waals surface area contributed by atoms with Gasteiger partial charge in [0.15, 0.2) is 10.6 Å². The first kappa shape index (κ1) is 14.8. The maximum atomic E-state index is 12.4. The zero-order valence-electron chi connectivity index (χ0n) is 13.3. The summed E-state index contributed by atoms with van der Waals surface area (Å²) in [6.45, 7) is 0.573. The average molecular weight is 361 g/mol. The van der Waals surface area contributed by atoms with E-state index < -0.39 is 0 Å². The number of nitrogens with zero attached hydrogens (tertiary/aromatic N) is 2. The number of H-pyrrole nitrogens is 1. The topological polar surface area (TPSA) is 62.7 Å². The first-order chi connectivity index (χ1) is 11.7. The van der Waals surface area contributed by atoms with Crippen LogP contribution in [0.5, 0.6) is 0 Å². The van der Waals surface area contributed by atoms with E-state index in [0.29, 0.717) is 23.8 Å². The van der Waals surface area contributed by atoms with E-state index in [4.69, 9.17) is 12.2 Å². The van der Waals surface area contributed by atoms with Gasteiger partial charge in [0.2, 0.25) is 5.91 Å². The lowest BCUT2D eigenvalue weighted by molar-refractivity contribution is -0.121. The molecule has 4 atom stereocenters. The van der Waals surface area contributed by atoms with Crippen molar-refractivity contribution in [1.82, 2.24) is 20.1 Å². The molecule has 3 fully saturated rings. The molecule has 0 aromatic carbocycles. The second-order valence-corrected chi connectivity index (χ2v) is 8.65. The number of carbonyl (C=O) groups excluding carboxylic acids is 1. The van der Waals surface area contributed by atoms with Crippen molar-refractivity contribution in [3.05, 3.63) is 22.3 Å². The lowest BCUT2D eigenvalue weighted by Crippen LogP contribution is -2.30. The van der Waals surface area contributed by atoms with Gasteiger partial charge in [-0.3, -0.25) is 14.5 Å². The summed E-state index contributed by atoms with van der Waals surface area (Å²) in [6.07, 6.45) is 4.63. The Labute approximate surface area is 149 Å². The number of rotatable bonds is 5. The van der Waals surface area contributed by atoms with E-state index in [1.54, 1.807) is 11.3 Å². The highest BCUT2D eigenvalue weighted by atomic mass is 32.1. The molecule has 3 saturated carbocycles. The van der Waals surface area contributed by atoms with E-state index in [-0.39, 0.29) is 5.91 Å². The average Bonchev–Trinajstić information content (AvgIpc) is 3.11. The molecule has 5 rings (SSSR count). The third kappa shape index (κ3) is 2.29.